The van der Waals surface area contributed by atoms with E-state index in [1.165, 1.54) is 18.2 Å². The Labute approximate surface area is 117 Å². The van der Waals surface area contributed by atoms with Crippen molar-refractivity contribution in [2.24, 2.45) is 0 Å². The summed E-state index contributed by atoms with van der Waals surface area (Å²) in [6.45, 7) is 3.87. The van der Waals surface area contributed by atoms with Crippen LogP contribution in [0, 0.1) is 19.7 Å². The van der Waals surface area contributed by atoms with Gasteiger partial charge in [0.25, 0.3) is 5.91 Å². The maximum absolute atomic E-state index is 13.0. The minimum Gasteiger partial charge on any atom is -0.378 e. The number of carbonyl (C=O) groups is 1. The van der Waals surface area contributed by atoms with E-state index in [1.54, 1.807) is 18.2 Å². The number of halogens is 1. The molecular formula is C16H16FNO2. The highest BCUT2D eigenvalue weighted by atomic mass is 19.1. The van der Waals surface area contributed by atoms with Crippen LogP contribution in [-0.4, -0.2) is 11.0 Å². The number of rotatable bonds is 3. The van der Waals surface area contributed by atoms with Gasteiger partial charge in [0.05, 0.1) is 0 Å². The molecule has 0 aliphatic carbocycles. The second-order valence-electron chi connectivity index (χ2n) is 4.75. The summed E-state index contributed by atoms with van der Waals surface area (Å²) in [7, 11) is 0. The van der Waals surface area contributed by atoms with E-state index in [0.29, 0.717) is 11.3 Å². The average molecular weight is 273 g/mol. The molecule has 3 nitrogen and oxygen atoms in total. The number of aliphatic hydroxyl groups is 1. The Bertz CT molecular complexity index is 640. The molecule has 2 N–H and O–H groups in total. The molecule has 0 saturated heterocycles. The summed E-state index contributed by atoms with van der Waals surface area (Å²) >= 11 is 0. The Morgan fingerprint density at radius 2 is 1.90 bits per heavy atom. The van der Waals surface area contributed by atoms with E-state index < -0.39 is 17.8 Å². The Morgan fingerprint density at radius 1 is 1.15 bits per heavy atom. The molecule has 0 fully saturated rings. The molecule has 0 aromatic heterocycles. The van der Waals surface area contributed by atoms with Crippen LogP contribution in [0.2, 0.25) is 0 Å². The Morgan fingerprint density at radius 3 is 2.55 bits per heavy atom. The molecule has 1 atom stereocenters. The number of hydrogen-bond acceptors (Lipinski definition) is 2. The summed E-state index contributed by atoms with van der Waals surface area (Å²) in [4.78, 5) is 11.9. The van der Waals surface area contributed by atoms with Crippen molar-refractivity contribution < 1.29 is 14.3 Å². The van der Waals surface area contributed by atoms with Crippen LogP contribution in [0.4, 0.5) is 10.1 Å². The van der Waals surface area contributed by atoms with E-state index in [-0.39, 0.29) is 0 Å². The number of anilines is 1. The fraction of sp³-hybridized carbons (Fsp3) is 0.188. The van der Waals surface area contributed by atoms with Crippen LogP contribution in [0.15, 0.2) is 42.5 Å². The third-order valence-electron chi connectivity index (χ3n) is 3.19. The van der Waals surface area contributed by atoms with Gasteiger partial charge in [0.2, 0.25) is 0 Å². The van der Waals surface area contributed by atoms with Gasteiger partial charge < -0.3 is 10.4 Å². The second kappa shape index (κ2) is 5.84. The van der Waals surface area contributed by atoms with Gasteiger partial charge >= 0.3 is 0 Å². The van der Waals surface area contributed by atoms with Crippen LogP contribution in [0.25, 0.3) is 0 Å². The van der Waals surface area contributed by atoms with Crippen molar-refractivity contribution in [3.05, 3.63) is 65.0 Å². The smallest absolute Gasteiger partial charge is 0.257 e. The third kappa shape index (κ3) is 3.22. The zero-order chi connectivity index (χ0) is 14.7. The maximum atomic E-state index is 13.0. The molecule has 0 spiro atoms. The molecule has 0 aliphatic rings. The van der Waals surface area contributed by atoms with E-state index in [4.69, 9.17) is 0 Å². The molecule has 0 aliphatic heterocycles. The molecule has 0 saturated carbocycles. The van der Waals surface area contributed by atoms with E-state index >= 15 is 0 Å². The molecule has 1 unspecified atom stereocenters. The second-order valence-corrected chi connectivity index (χ2v) is 4.75. The SMILES string of the molecule is Cc1ccc(C(O)C(=O)Nc2cccc(F)c2)cc1C. The predicted octanol–water partition coefficient (Wildman–Crippen LogP) is 3.11. The highest BCUT2D eigenvalue weighted by molar-refractivity contribution is 5.94. The summed E-state index contributed by atoms with van der Waals surface area (Å²) in [6.07, 6.45) is -1.28. The first-order valence-corrected chi connectivity index (χ1v) is 6.29. The third-order valence-corrected chi connectivity index (χ3v) is 3.19. The number of carbonyl (C=O) groups excluding carboxylic acids is 1. The topological polar surface area (TPSA) is 49.3 Å². The molecule has 1 amide bonds. The van der Waals surface area contributed by atoms with E-state index in [0.717, 1.165) is 11.1 Å². The van der Waals surface area contributed by atoms with Crippen molar-refractivity contribution in [2.45, 2.75) is 20.0 Å². The predicted molar refractivity (Wildman–Crippen MR) is 75.9 cm³/mol. The molecular weight excluding hydrogens is 257 g/mol. The molecule has 2 rings (SSSR count). The van der Waals surface area contributed by atoms with Crippen LogP contribution in [0.1, 0.15) is 22.8 Å². The number of hydrogen-bond donors (Lipinski definition) is 2. The van der Waals surface area contributed by atoms with E-state index in [2.05, 4.69) is 5.32 Å². The minimum absolute atomic E-state index is 0.317. The summed E-state index contributed by atoms with van der Waals surface area (Å²) in [6, 6.07) is 10.9. The molecule has 2 aromatic rings. The van der Waals surface area contributed by atoms with Gasteiger partial charge in [0.1, 0.15) is 5.82 Å². The lowest BCUT2D eigenvalue weighted by Crippen LogP contribution is -2.21. The molecule has 0 radical (unpaired) electrons. The zero-order valence-electron chi connectivity index (χ0n) is 11.4. The molecule has 0 bridgehead atoms. The summed E-state index contributed by atoms with van der Waals surface area (Å²) < 4.78 is 13.0. The van der Waals surface area contributed by atoms with Crippen molar-refractivity contribution >= 4 is 11.6 Å². The number of aliphatic hydroxyl groups excluding tert-OH is 1. The monoisotopic (exact) mass is 273 g/mol. The van der Waals surface area contributed by atoms with E-state index in [9.17, 15) is 14.3 Å². The quantitative estimate of drug-likeness (QED) is 0.902. The first-order valence-electron chi connectivity index (χ1n) is 6.29. The van der Waals surface area contributed by atoms with Crippen LogP contribution in [-0.2, 0) is 4.79 Å². The average Bonchev–Trinajstić information content (AvgIpc) is 2.41. The number of aryl methyl sites for hydroxylation is 2. The first kappa shape index (κ1) is 14.2. The highest BCUT2D eigenvalue weighted by Crippen LogP contribution is 2.19. The lowest BCUT2D eigenvalue weighted by molar-refractivity contribution is -0.124. The van der Waals surface area contributed by atoms with Gasteiger partial charge in [-0.1, -0.05) is 24.3 Å². The fourth-order valence-corrected chi connectivity index (χ4v) is 1.86. The molecule has 104 valence electrons. The van der Waals surface area contributed by atoms with Crippen molar-refractivity contribution in [1.29, 1.82) is 0 Å². The summed E-state index contributed by atoms with van der Waals surface area (Å²) in [5.74, 6) is -1.03. The van der Waals surface area contributed by atoms with E-state index in [1.807, 2.05) is 19.9 Å². The van der Waals surface area contributed by atoms with Gasteiger partial charge in [0.15, 0.2) is 6.10 Å². The zero-order valence-corrected chi connectivity index (χ0v) is 11.4. The lowest BCUT2D eigenvalue weighted by Gasteiger charge is -2.13. The largest absolute Gasteiger partial charge is 0.378 e. The van der Waals surface area contributed by atoms with Crippen LogP contribution in [0.3, 0.4) is 0 Å². The van der Waals surface area contributed by atoms with Crippen molar-refractivity contribution in [1.82, 2.24) is 0 Å². The van der Waals surface area contributed by atoms with Crippen molar-refractivity contribution in [3.8, 4) is 0 Å². The van der Waals surface area contributed by atoms with Gasteiger partial charge in [-0.25, -0.2) is 4.39 Å². The standard InChI is InChI=1S/C16H16FNO2/c1-10-6-7-12(8-11(10)2)15(19)16(20)18-14-5-3-4-13(17)9-14/h3-9,15,19H,1-2H3,(H,18,20). The van der Waals surface area contributed by atoms with Gasteiger partial charge in [0, 0.05) is 5.69 Å². The summed E-state index contributed by atoms with van der Waals surface area (Å²) in [5, 5.41) is 12.5. The van der Waals surface area contributed by atoms with Crippen LogP contribution >= 0.6 is 0 Å². The normalized spacial score (nSPS) is 12.0. The number of benzene rings is 2. The van der Waals surface area contributed by atoms with Gasteiger partial charge in [-0.15, -0.1) is 0 Å². The van der Waals surface area contributed by atoms with Gasteiger partial charge in [-0.2, -0.15) is 0 Å². The Kier molecular flexibility index (Phi) is 4.15. The van der Waals surface area contributed by atoms with Gasteiger partial charge in [-0.3, -0.25) is 4.79 Å². The van der Waals surface area contributed by atoms with Crippen molar-refractivity contribution in [3.63, 3.8) is 0 Å². The Balaban J connectivity index is 2.14. The molecule has 20 heavy (non-hydrogen) atoms. The number of nitrogens with one attached hydrogen (secondary N) is 1. The Hall–Kier alpha value is -2.20. The van der Waals surface area contributed by atoms with Crippen LogP contribution < -0.4 is 5.32 Å². The van der Waals surface area contributed by atoms with Crippen LogP contribution in [0.5, 0.6) is 0 Å². The molecule has 4 heteroatoms. The van der Waals surface area contributed by atoms with Crippen molar-refractivity contribution in [2.75, 3.05) is 5.32 Å². The molecule has 2 aromatic carbocycles. The van der Waals surface area contributed by atoms with Gasteiger partial charge in [-0.05, 0) is 48.7 Å². The molecule has 0 heterocycles. The highest BCUT2D eigenvalue weighted by Gasteiger charge is 2.18. The lowest BCUT2D eigenvalue weighted by atomic mass is 10.0. The summed E-state index contributed by atoms with van der Waals surface area (Å²) in [5.41, 5.74) is 2.92. The minimum atomic E-state index is -1.28. The fourth-order valence-electron chi connectivity index (χ4n) is 1.86. The maximum Gasteiger partial charge on any atom is 0.257 e. The number of amides is 1. The first-order chi connectivity index (χ1) is 9.47.